The van der Waals surface area contributed by atoms with Crippen LogP contribution in [0.3, 0.4) is 0 Å². The molecule has 1 aliphatic rings. The lowest BCUT2D eigenvalue weighted by atomic mass is 9.89. The molecule has 1 aliphatic carbocycles. The average molecular weight is 259 g/mol. The zero-order valence-electron chi connectivity index (χ0n) is 10.4. The van der Waals surface area contributed by atoms with Crippen LogP contribution in [0.5, 0.6) is 0 Å². The molecule has 0 spiro atoms. The molecule has 0 aliphatic heterocycles. The van der Waals surface area contributed by atoms with Crippen molar-refractivity contribution < 1.29 is 4.74 Å². The predicted molar refractivity (Wildman–Crippen MR) is 77.2 cm³/mol. The summed E-state index contributed by atoms with van der Waals surface area (Å²) in [5.41, 5.74) is 2.54. The van der Waals surface area contributed by atoms with Crippen molar-refractivity contribution in [3.8, 4) is 10.4 Å². The maximum atomic E-state index is 5.32. The van der Waals surface area contributed by atoms with Crippen LogP contribution in [-0.4, -0.2) is 19.3 Å². The number of benzene rings is 1. The Morgan fingerprint density at radius 1 is 1.17 bits per heavy atom. The molecule has 3 heteroatoms. The van der Waals surface area contributed by atoms with Gasteiger partial charge >= 0.3 is 0 Å². The molecule has 0 unspecified atom stereocenters. The van der Waals surface area contributed by atoms with Crippen LogP contribution >= 0.6 is 11.3 Å². The minimum Gasteiger partial charge on any atom is -0.382 e. The SMILES string of the molecule is COC1CC(Nc2ccccc2-c2cccs2)C1. The normalized spacial score (nSPS) is 22.5. The Morgan fingerprint density at radius 3 is 2.72 bits per heavy atom. The summed E-state index contributed by atoms with van der Waals surface area (Å²) in [5, 5.41) is 5.75. The highest BCUT2D eigenvalue weighted by molar-refractivity contribution is 7.13. The van der Waals surface area contributed by atoms with Crippen molar-refractivity contribution in [1.29, 1.82) is 0 Å². The third-order valence-corrected chi connectivity index (χ3v) is 4.40. The lowest BCUT2D eigenvalue weighted by Gasteiger charge is -2.35. The summed E-state index contributed by atoms with van der Waals surface area (Å²) in [6.07, 6.45) is 2.65. The summed E-state index contributed by atoms with van der Waals surface area (Å²) < 4.78 is 5.32. The largest absolute Gasteiger partial charge is 0.382 e. The van der Waals surface area contributed by atoms with Gasteiger partial charge in [-0.15, -0.1) is 11.3 Å². The van der Waals surface area contributed by atoms with Crippen LogP contribution in [0.25, 0.3) is 10.4 Å². The topological polar surface area (TPSA) is 21.3 Å². The van der Waals surface area contributed by atoms with E-state index in [0.29, 0.717) is 12.1 Å². The number of hydrogen-bond donors (Lipinski definition) is 1. The van der Waals surface area contributed by atoms with Gasteiger partial charge in [-0.25, -0.2) is 0 Å². The Hall–Kier alpha value is -1.32. The molecule has 1 aromatic heterocycles. The Bertz CT molecular complexity index is 503. The third kappa shape index (κ3) is 2.28. The summed E-state index contributed by atoms with van der Waals surface area (Å²) in [5.74, 6) is 0. The fourth-order valence-electron chi connectivity index (χ4n) is 2.35. The number of rotatable bonds is 4. The number of thiophene rings is 1. The molecule has 0 radical (unpaired) electrons. The van der Waals surface area contributed by atoms with E-state index in [1.54, 1.807) is 18.4 Å². The van der Waals surface area contributed by atoms with Crippen molar-refractivity contribution in [3.05, 3.63) is 41.8 Å². The highest BCUT2D eigenvalue weighted by Crippen LogP contribution is 2.34. The molecule has 3 rings (SSSR count). The van der Waals surface area contributed by atoms with Gasteiger partial charge in [0.05, 0.1) is 6.10 Å². The fraction of sp³-hybridized carbons (Fsp3) is 0.333. The Balaban J connectivity index is 1.76. The van der Waals surface area contributed by atoms with Crippen LogP contribution in [0.4, 0.5) is 5.69 Å². The van der Waals surface area contributed by atoms with E-state index in [9.17, 15) is 0 Å². The molecule has 0 amide bonds. The summed E-state index contributed by atoms with van der Waals surface area (Å²) in [7, 11) is 1.79. The van der Waals surface area contributed by atoms with Crippen LogP contribution < -0.4 is 5.32 Å². The van der Waals surface area contributed by atoms with Gasteiger partial charge in [0.15, 0.2) is 0 Å². The van der Waals surface area contributed by atoms with E-state index >= 15 is 0 Å². The molecule has 1 aromatic carbocycles. The third-order valence-electron chi connectivity index (χ3n) is 3.50. The molecule has 1 heterocycles. The van der Waals surface area contributed by atoms with E-state index < -0.39 is 0 Å². The van der Waals surface area contributed by atoms with Gasteiger partial charge < -0.3 is 10.1 Å². The second kappa shape index (κ2) is 5.12. The van der Waals surface area contributed by atoms with Gasteiger partial charge in [0.25, 0.3) is 0 Å². The second-order valence-corrected chi connectivity index (χ2v) is 5.64. The number of nitrogens with one attached hydrogen (secondary N) is 1. The van der Waals surface area contributed by atoms with Gasteiger partial charge in [-0.05, 0) is 30.4 Å². The average Bonchev–Trinajstić information content (AvgIpc) is 2.87. The smallest absolute Gasteiger partial charge is 0.0610 e. The van der Waals surface area contributed by atoms with E-state index in [1.165, 1.54) is 16.1 Å². The predicted octanol–water partition coefficient (Wildman–Crippen LogP) is 4.00. The molecule has 0 bridgehead atoms. The lowest BCUT2D eigenvalue weighted by Crippen LogP contribution is -2.40. The van der Waals surface area contributed by atoms with Crippen LogP contribution in [-0.2, 0) is 4.74 Å². The maximum Gasteiger partial charge on any atom is 0.0610 e. The first-order chi connectivity index (χ1) is 8.86. The van der Waals surface area contributed by atoms with Gasteiger partial charge in [0.2, 0.25) is 0 Å². The Kier molecular flexibility index (Phi) is 3.35. The van der Waals surface area contributed by atoms with Gasteiger partial charge in [0.1, 0.15) is 0 Å². The molecule has 1 fully saturated rings. The molecule has 1 saturated carbocycles. The zero-order chi connectivity index (χ0) is 12.4. The van der Waals surface area contributed by atoms with Crippen molar-refractivity contribution in [2.75, 3.05) is 12.4 Å². The monoisotopic (exact) mass is 259 g/mol. The number of anilines is 1. The molecule has 2 nitrogen and oxygen atoms in total. The van der Waals surface area contributed by atoms with E-state index in [4.69, 9.17) is 4.74 Å². The van der Waals surface area contributed by atoms with E-state index in [-0.39, 0.29) is 0 Å². The van der Waals surface area contributed by atoms with Crippen molar-refractivity contribution in [2.45, 2.75) is 25.0 Å². The summed E-state index contributed by atoms with van der Waals surface area (Å²) in [4.78, 5) is 1.32. The van der Waals surface area contributed by atoms with E-state index in [0.717, 1.165) is 12.8 Å². The quantitative estimate of drug-likeness (QED) is 0.896. The highest BCUT2D eigenvalue weighted by Gasteiger charge is 2.29. The summed E-state index contributed by atoms with van der Waals surface area (Å²) in [6, 6.07) is 13.3. The van der Waals surface area contributed by atoms with Crippen LogP contribution in [0.1, 0.15) is 12.8 Å². The van der Waals surface area contributed by atoms with Crippen LogP contribution in [0, 0.1) is 0 Å². The molecule has 0 saturated heterocycles. The molecule has 1 N–H and O–H groups in total. The van der Waals surface area contributed by atoms with E-state index in [2.05, 4.69) is 47.1 Å². The highest BCUT2D eigenvalue weighted by atomic mass is 32.1. The molecular formula is C15H17NOS. The van der Waals surface area contributed by atoms with Crippen molar-refractivity contribution in [2.24, 2.45) is 0 Å². The van der Waals surface area contributed by atoms with Crippen LogP contribution in [0.15, 0.2) is 41.8 Å². The minimum absolute atomic E-state index is 0.441. The number of para-hydroxylation sites is 1. The minimum atomic E-state index is 0.441. The first-order valence-electron chi connectivity index (χ1n) is 6.29. The number of methoxy groups -OCH3 is 1. The Morgan fingerprint density at radius 2 is 2.00 bits per heavy atom. The first-order valence-corrected chi connectivity index (χ1v) is 7.17. The molecule has 2 aromatic rings. The molecular weight excluding hydrogens is 242 g/mol. The fourth-order valence-corrected chi connectivity index (χ4v) is 3.12. The van der Waals surface area contributed by atoms with Gasteiger partial charge in [0, 0.05) is 29.3 Å². The van der Waals surface area contributed by atoms with E-state index in [1.807, 2.05) is 0 Å². The summed E-state index contributed by atoms with van der Waals surface area (Å²) in [6.45, 7) is 0. The standard InChI is InChI=1S/C15H17NOS/c1-17-12-9-11(10-12)16-14-6-3-2-5-13(14)15-7-4-8-18-15/h2-8,11-12,16H,9-10H2,1H3. The lowest BCUT2D eigenvalue weighted by molar-refractivity contribution is 0.0329. The first kappa shape index (κ1) is 11.8. The van der Waals surface area contributed by atoms with Crippen molar-refractivity contribution in [1.82, 2.24) is 0 Å². The molecule has 0 atom stereocenters. The van der Waals surface area contributed by atoms with Gasteiger partial charge in [-0.3, -0.25) is 0 Å². The molecule has 94 valence electrons. The summed E-state index contributed by atoms with van der Waals surface area (Å²) >= 11 is 1.78. The second-order valence-electron chi connectivity index (χ2n) is 4.69. The van der Waals surface area contributed by atoms with Gasteiger partial charge in [-0.1, -0.05) is 24.3 Å². The van der Waals surface area contributed by atoms with Crippen LogP contribution in [0.2, 0.25) is 0 Å². The molecule has 18 heavy (non-hydrogen) atoms. The number of ether oxygens (including phenoxy) is 1. The Labute approximate surface area is 112 Å². The van der Waals surface area contributed by atoms with Crippen molar-refractivity contribution >= 4 is 17.0 Å². The maximum absolute atomic E-state index is 5.32. The van der Waals surface area contributed by atoms with Gasteiger partial charge in [-0.2, -0.15) is 0 Å². The van der Waals surface area contributed by atoms with Crippen molar-refractivity contribution in [3.63, 3.8) is 0 Å². The number of hydrogen-bond acceptors (Lipinski definition) is 3. The zero-order valence-corrected chi connectivity index (χ0v) is 11.2.